The van der Waals surface area contributed by atoms with Gasteiger partial charge in [-0.05, 0) is 29.8 Å². The van der Waals surface area contributed by atoms with E-state index in [4.69, 9.17) is 4.42 Å². The SMILES string of the molecule is Cn1c(CC(=O)NNC(=O)[C@@H](Cc2ccccc2)NC(=O)c2ccco2)nc2ccccc21. The lowest BCUT2D eigenvalue weighted by molar-refractivity contribution is -0.129. The van der Waals surface area contributed by atoms with Gasteiger partial charge in [0, 0.05) is 13.5 Å². The number of para-hydroxylation sites is 2. The van der Waals surface area contributed by atoms with Gasteiger partial charge in [-0.2, -0.15) is 0 Å². The van der Waals surface area contributed by atoms with Crippen molar-refractivity contribution in [2.75, 3.05) is 0 Å². The summed E-state index contributed by atoms with van der Waals surface area (Å²) in [4.78, 5) is 42.2. The van der Waals surface area contributed by atoms with Crippen LogP contribution in [0.2, 0.25) is 0 Å². The summed E-state index contributed by atoms with van der Waals surface area (Å²) in [7, 11) is 1.83. The highest BCUT2D eigenvalue weighted by molar-refractivity contribution is 5.96. The number of furan rings is 1. The molecule has 2 aromatic carbocycles. The first-order valence-electron chi connectivity index (χ1n) is 10.4. The zero-order valence-electron chi connectivity index (χ0n) is 17.9. The maximum atomic E-state index is 12.8. The zero-order valence-corrected chi connectivity index (χ0v) is 17.9. The lowest BCUT2D eigenvalue weighted by atomic mass is 10.1. The Hall–Kier alpha value is -4.40. The smallest absolute Gasteiger partial charge is 0.287 e. The van der Waals surface area contributed by atoms with E-state index < -0.39 is 23.8 Å². The lowest BCUT2D eigenvalue weighted by Gasteiger charge is -2.18. The van der Waals surface area contributed by atoms with Crippen LogP contribution in [0.25, 0.3) is 11.0 Å². The van der Waals surface area contributed by atoms with E-state index in [1.54, 1.807) is 6.07 Å². The Kier molecular flexibility index (Phi) is 6.49. The van der Waals surface area contributed by atoms with Gasteiger partial charge in [0.1, 0.15) is 11.9 Å². The first kappa shape index (κ1) is 21.8. The summed E-state index contributed by atoms with van der Waals surface area (Å²) >= 11 is 0. The molecule has 0 bridgehead atoms. The minimum Gasteiger partial charge on any atom is -0.459 e. The molecule has 0 aliphatic heterocycles. The third-order valence-electron chi connectivity index (χ3n) is 5.17. The third kappa shape index (κ3) is 5.27. The van der Waals surface area contributed by atoms with E-state index in [1.807, 2.05) is 66.2 Å². The van der Waals surface area contributed by atoms with Gasteiger partial charge >= 0.3 is 0 Å². The molecular weight excluding hydrogens is 422 g/mol. The van der Waals surface area contributed by atoms with Crippen LogP contribution in [0.1, 0.15) is 21.9 Å². The van der Waals surface area contributed by atoms with Crippen LogP contribution in [0, 0.1) is 0 Å². The van der Waals surface area contributed by atoms with Crippen LogP contribution in [0.5, 0.6) is 0 Å². The number of aromatic nitrogens is 2. The molecule has 0 saturated carbocycles. The van der Waals surface area contributed by atoms with Gasteiger partial charge in [0.25, 0.3) is 11.8 Å². The Bertz CT molecular complexity index is 1260. The van der Waals surface area contributed by atoms with Crippen molar-refractivity contribution in [3.05, 3.63) is 90.1 Å². The van der Waals surface area contributed by atoms with Crippen LogP contribution in [0.15, 0.2) is 77.4 Å². The molecule has 168 valence electrons. The van der Waals surface area contributed by atoms with Gasteiger partial charge < -0.3 is 14.3 Å². The molecule has 2 aromatic heterocycles. The van der Waals surface area contributed by atoms with Crippen molar-refractivity contribution in [2.24, 2.45) is 7.05 Å². The first-order valence-corrected chi connectivity index (χ1v) is 10.4. The number of amides is 3. The number of rotatable bonds is 7. The summed E-state index contributed by atoms with van der Waals surface area (Å²) in [5, 5.41) is 2.66. The summed E-state index contributed by atoms with van der Waals surface area (Å²) in [6.07, 6.45) is 1.59. The molecule has 1 atom stereocenters. The maximum absolute atomic E-state index is 12.8. The van der Waals surface area contributed by atoms with Crippen molar-refractivity contribution in [2.45, 2.75) is 18.9 Å². The number of imidazole rings is 1. The molecule has 0 saturated heterocycles. The molecule has 0 aliphatic rings. The number of fused-ring (bicyclic) bond motifs is 1. The number of carbonyl (C=O) groups excluding carboxylic acids is 3. The van der Waals surface area contributed by atoms with Gasteiger partial charge in [-0.3, -0.25) is 25.2 Å². The van der Waals surface area contributed by atoms with E-state index in [0.717, 1.165) is 16.6 Å². The Morgan fingerprint density at radius 3 is 2.45 bits per heavy atom. The van der Waals surface area contributed by atoms with E-state index in [9.17, 15) is 14.4 Å². The van der Waals surface area contributed by atoms with E-state index in [0.29, 0.717) is 5.82 Å². The van der Waals surface area contributed by atoms with Crippen LogP contribution in [0.4, 0.5) is 0 Å². The second-order valence-electron chi connectivity index (χ2n) is 7.48. The van der Waals surface area contributed by atoms with Crippen molar-refractivity contribution in [1.82, 2.24) is 25.7 Å². The maximum Gasteiger partial charge on any atom is 0.287 e. The van der Waals surface area contributed by atoms with Gasteiger partial charge in [-0.1, -0.05) is 42.5 Å². The van der Waals surface area contributed by atoms with Crippen LogP contribution in [0.3, 0.4) is 0 Å². The molecule has 0 aliphatic carbocycles. The fraction of sp³-hybridized carbons (Fsp3) is 0.167. The molecule has 3 amide bonds. The number of benzene rings is 2. The second-order valence-corrected chi connectivity index (χ2v) is 7.48. The van der Waals surface area contributed by atoms with Gasteiger partial charge in [0.2, 0.25) is 5.91 Å². The second kappa shape index (κ2) is 9.82. The highest BCUT2D eigenvalue weighted by Crippen LogP contribution is 2.14. The molecule has 4 aromatic rings. The first-order chi connectivity index (χ1) is 16.0. The van der Waals surface area contributed by atoms with Crippen molar-refractivity contribution >= 4 is 28.8 Å². The fourth-order valence-electron chi connectivity index (χ4n) is 3.46. The van der Waals surface area contributed by atoms with Crippen molar-refractivity contribution in [3.8, 4) is 0 Å². The Morgan fingerprint density at radius 2 is 1.73 bits per heavy atom. The summed E-state index contributed by atoms with van der Waals surface area (Å²) in [5.41, 5.74) is 7.36. The average Bonchev–Trinajstić information content (AvgIpc) is 3.47. The van der Waals surface area contributed by atoms with Crippen LogP contribution in [-0.2, 0) is 29.5 Å². The normalized spacial score (nSPS) is 11.7. The molecule has 4 rings (SSSR count). The largest absolute Gasteiger partial charge is 0.459 e. The highest BCUT2D eigenvalue weighted by Gasteiger charge is 2.23. The molecule has 2 heterocycles. The lowest BCUT2D eigenvalue weighted by Crippen LogP contribution is -2.53. The van der Waals surface area contributed by atoms with Crippen LogP contribution < -0.4 is 16.2 Å². The van der Waals surface area contributed by atoms with Crippen molar-refractivity contribution < 1.29 is 18.8 Å². The van der Waals surface area contributed by atoms with E-state index >= 15 is 0 Å². The number of carbonyl (C=O) groups is 3. The highest BCUT2D eigenvalue weighted by atomic mass is 16.3. The summed E-state index contributed by atoms with van der Waals surface area (Å²) in [5.74, 6) is -0.863. The Labute approximate surface area is 189 Å². The standard InChI is InChI=1S/C24H23N5O4/c1-29-19-11-6-5-10-17(19)25-21(29)15-22(30)27-28-23(31)18(14-16-8-3-2-4-9-16)26-24(32)20-12-7-13-33-20/h2-13,18H,14-15H2,1H3,(H,26,32)(H,27,30)(H,28,31)/t18-/m1/s1. The average molecular weight is 445 g/mol. The number of hydrogen-bond donors (Lipinski definition) is 3. The van der Waals surface area contributed by atoms with Crippen LogP contribution >= 0.6 is 0 Å². The minimum absolute atomic E-state index is 0.0203. The molecule has 0 spiro atoms. The monoisotopic (exact) mass is 445 g/mol. The number of nitrogens with zero attached hydrogens (tertiary/aromatic N) is 2. The molecule has 3 N–H and O–H groups in total. The van der Waals surface area contributed by atoms with Gasteiger partial charge in [-0.25, -0.2) is 4.98 Å². The summed E-state index contributed by atoms with van der Waals surface area (Å²) in [6, 6.07) is 19.0. The molecule has 9 heteroatoms. The van der Waals surface area contributed by atoms with Crippen molar-refractivity contribution in [1.29, 1.82) is 0 Å². The predicted octanol–water partition coefficient (Wildman–Crippen LogP) is 1.90. The summed E-state index contributed by atoms with van der Waals surface area (Å²) in [6.45, 7) is 0. The van der Waals surface area contributed by atoms with E-state index in [2.05, 4.69) is 21.2 Å². The minimum atomic E-state index is -0.930. The molecule has 33 heavy (non-hydrogen) atoms. The number of hydrazine groups is 1. The van der Waals surface area contributed by atoms with E-state index in [-0.39, 0.29) is 18.6 Å². The molecule has 0 unspecified atom stereocenters. The molecule has 0 radical (unpaired) electrons. The molecule has 0 fully saturated rings. The number of hydrogen-bond acceptors (Lipinski definition) is 5. The predicted molar refractivity (Wildman–Crippen MR) is 121 cm³/mol. The van der Waals surface area contributed by atoms with E-state index in [1.165, 1.54) is 12.3 Å². The summed E-state index contributed by atoms with van der Waals surface area (Å²) < 4.78 is 6.94. The quantitative estimate of drug-likeness (QED) is 0.376. The van der Waals surface area contributed by atoms with Gasteiger partial charge in [0.05, 0.1) is 23.7 Å². The van der Waals surface area contributed by atoms with Crippen molar-refractivity contribution in [3.63, 3.8) is 0 Å². The zero-order chi connectivity index (χ0) is 23.2. The third-order valence-corrected chi connectivity index (χ3v) is 5.17. The topological polar surface area (TPSA) is 118 Å². The van der Waals surface area contributed by atoms with Crippen LogP contribution in [-0.4, -0.2) is 33.3 Å². The Balaban J connectivity index is 1.40. The fourth-order valence-corrected chi connectivity index (χ4v) is 3.46. The van der Waals surface area contributed by atoms with Gasteiger partial charge in [0.15, 0.2) is 5.76 Å². The molecular formula is C24H23N5O4. The Morgan fingerprint density at radius 1 is 0.970 bits per heavy atom. The van der Waals surface area contributed by atoms with Gasteiger partial charge in [-0.15, -0.1) is 0 Å². The number of nitrogens with one attached hydrogen (secondary N) is 3. The molecule has 9 nitrogen and oxygen atoms in total. The number of aryl methyl sites for hydroxylation is 1.